The highest BCUT2D eigenvalue weighted by atomic mass is 14.8. The molecule has 1 aliphatic carbocycles. The molecule has 0 aliphatic heterocycles. The molecule has 1 heteroatoms. The fourth-order valence-corrected chi connectivity index (χ4v) is 2.72. The predicted molar refractivity (Wildman–Crippen MR) is 79.2 cm³/mol. The number of hydrogen-bond donors (Lipinski definition) is 1. The second-order valence-electron chi connectivity index (χ2n) is 5.87. The Morgan fingerprint density at radius 3 is 2.67 bits per heavy atom. The Labute approximate surface area is 112 Å². The highest BCUT2D eigenvalue weighted by molar-refractivity contribution is 5.30. The van der Waals surface area contributed by atoms with Crippen LogP contribution in [0.3, 0.4) is 0 Å². The molecule has 1 aromatic rings. The quantitative estimate of drug-likeness (QED) is 0.787. The lowest BCUT2D eigenvalue weighted by Crippen LogP contribution is -2.24. The molecule has 0 radical (unpaired) electrons. The maximum absolute atomic E-state index is 3.46. The Morgan fingerprint density at radius 1 is 1.28 bits per heavy atom. The molecule has 1 aromatic carbocycles. The third kappa shape index (κ3) is 3.14. The molecule has 1 N–H and O–H groups in total. The van der Waals surface area contributed by atoms with Gasteiger partial charge in [0.2, 0.25) is 0 Å². The molecule has 0 spiro atoms. The van der Waals surface area contributed by atoms with Gasteiger partial charge in [-0.3, -0.25) is 0 Å². The summed E-state index contributed by atoms with van der Waals surface area (Å²) in [6, 6.07) is 9.32. The number of hydrogen-bond acceptors (Lipinski definition) is 1. The van der Waals surface area contributed by atoms with Crippen molar-refractivity contribution in [3.8, 4) is 0 Å². The Hall–Kier alpha value is -0.820. The van der Waals surface area contributed by atoms with Crippen molar-refractivity contribution in [1.82, 2.24) is 5.32 Å². The van der Waals surface area contributed by atoms with Crippen molar-refractivity contribution in [2.75, 3.05) is 13.1 Å². The molecule has 0 heterocycles. The summed E-state index contributed by atoms with van der Waals surface area (Å²) in [5.74, 6) is 2.19. The summed E-state index contributed by atoms with van der Waals surface area (Å²) in [4.78, 5) is 0. The van der Waals surface area contributed by atoms with Crippen LogP contribution in [0.15, 0.2) is 24.3 Å². The first-order valence-corrected chi connectivity index (χ1v) is 7.53. The number of benzene rings is 1. The zero-order chi connectivity index (χ0) is 13.0. The van der Waals surface area contributed by atoms with Crippen molar-refractivity contribution < 1.29 is 0 Å². The summed E-state index contributed by atoms with van der Waals surface area (Å²) >= 11 is 0. The van der Waals surface area contributed by atoms with Crippen LogP contribution in [0, 0.1) is 5.92 Å². The highest BCUT2D eigenvalue weighted by Crippen LogP contribution is 2.37. The first kappa shape index (κ1) is 13.6. The fourth-order valence-electron chi connectivity index (χ4n) is 2.72. The van der Waals surface area contributed by atoms with Gasteiger partial charge in [0.25, 0.3) is 0 Å². The summed E-state index contributed by atoms with van der Waals surface area (Å²) in [5, 5.41) is 3.46. The summed E-state index contributed by atoms with van der Waals surface area (Å²) in [5.41, 5.74) is 3.09. The van der Waals surface area contributed by atoms with E-state index in [0.29, 0.717) is 11.8 Å². The summed E-state index contributed by atoms with van der Waals surface area (Å²) in [6.07, 6.45) is 4.21. The first-order valence-electron chi connectivity index (χ1n) is 7.53. The van der Waals surface area contributed by atoms with Gasteiger partial charge >= 0.3 is 0 Å². The first-order chi connectivity index (χ1) is 8.72. The lowest BCUT2D eigenvalue weighted by Gasteiger charge is -2.27. The summed E-state index contributed by atoms with van der Waals surface area (Å²) in [6.45, 7) is 9.07. The molecule has 2 unspecified atom stereocenters. The molecule has 1 aliphatic rings. The van der Waals surface area contributed by atoms with Crippen LogP contribution in [0.25, 0.3) is 0 Å². The zero-order valence-corrected chi connectivity index (χ0v) is 12.1. The summed E-state index contributed by atoms with van der Waals surface area (Å²) in [7, 11) is 0. The van der Waals surface area contributed by atoms with Gasteiger partial charge in [-0.2, -0.15) is 0 Å². The minimum Gasteiger partial charge on any atom is -0.317 e. The average Bonchev–Trinajstić information content (AvgIpc) is 2.33. The third-order valence-electron chi connectivity index (χ3n) is 4.58. The second-order valence-corrected chi connectivity index (χ2v) is 5.87. The van der Waals surface area contributed by atoms with Gasteiger partial charge in [-0.25, -0.2) is 0 Å². The lowest BCUT2D eigenvalue weighted by molar-refractivity contribution is 0.417. The second kappa shape index (κ2) is 6.38. The van der Waals surface area contributed by atoms with Gasteiger partial charge in [-0.15, -0.1) is 0 Å². The van der Waals surface area contributed by atoms with Gasteiger partial charge in [0.15, 0.2) is 0 Å². The van der Waals surface area contributed by atoms with Gasteiger partial charge in [0, 0.05) is 0 Å². The predicted octanol–water partition coefficient (Wildman–Crippen LogP) is 4.30. The van der Waals surface area contributed by atoms with E-state index in [1.807, 2.05) is 0 Å². The van der Waals surface area contributed by atoms with Gasteiger partial charge in [0.05, 0.1) is 0 Å². The smallest absolute Gasteiger partial charge is 0.00175 e. The monoisotopic (exact) mass is 245 g/mol. The SMILES string of the molecule is CCNCC(C)C(C)c1cccc(C2CCC2)c1. The standard InChI is InChI=1S/C17H27N/c1-4-18-12-13(2)14(3)16-9-6-10-17(11-16)15-7-5-8-15/h6,9-11,13-15,18H,4-5,7-8,12H2,1-3H3. The molecule has 0 saturated heterocycles. The van der Waals surface area contributed by atoms with E-state index < -0.39 is 0 Å². The van der Waals surface area contributed by atoms with Crippen LogP contribution >= 0.6 is 0 Å². The van der Waals surface area contributed by atoms with Crippen LogP contribution in [0.1, 0.15) is 63.0 Å². The van der Waals surface area contributed by atoms with Gasteiger partial charge in [-0.1, -0.05) is 51.5 Å². The molecule has 0 amide bonds. The minimum absolute atomic E-state index is 0.643. The van der Waals surface area contributed by atoms with E-state index in [1.54, 1.807) is 5.56 Å². The van der Waals surface area contributed by atoms with Crippen LogP contribution < -0.4 is 5.32 Å². The third-order valence-corrected chi connectivity index (χ3v) is 4.58. The lowest BCUT2D eigenvalue weighted by atomic mass is 9.78. The van der Waals surface area contributed by atoms with E-state index in [9.17, 15) is 0 Å². The van der Waals surface area contributed by atoms with E-state index in [1.165, 1.54) is 24.8 Å². The fraction of sp³-hybridized carbons (Fsp3) is 0.647. The van der Waals surface area contributed by atoms with E-state index in [-0.39, 0.29) is 0 Å². The highest BCUT2D eigenvalue weighted by Gasteiger charge is 2.21. The molecule has 0 aromatic heterocycles. The molecule has 18 heavy (non-hydrogen) atoms. The van der Waals surface area contributed by atoms with Crippen molar-refractivity contribution in [1.29, 1.82) is 0 Å². The largest absolute Gasteiger partial charge is 0.317 e. The minimum atomic E-state index is 0.643. The molecule has 2 atom stereocenters. The number of rotatable bonds is 6. The molecular weight excluding hydrogens is 218 g/mol. The van der Waals surface area contributed by atoms with Crippen molar-refractivity contribution in [2.45, 2.75) is 51.9 Å². The van der Waals surface area contributed by atoms with Crippen LogP contribution in [0.5, 0.6) is 0 Å². The van der Waals surface area contributed by atoms with Crippen LogP contribution in [-0.4, -0.2) is 13.1 Å². The average molecular weight is 245 g/mol. The van der Waals surface area contributed by atoms with Crippen LogP contribution in [0.4, 0.5) is 0 Å². The van der Waals surface area contributed by atoms with Crippen molar-refractivity contribution in [2.24, 2.45) is 5.92 Å². The van der Waals surface area contributed by atoms with Gasteiger partial charge in [-0.05, 0) is 54.8 Å². The molecule has 100 valence electrons. The molecule has 1 saturated carbocycles. The van der Waals surface area contributed by atoms with Crippen LogP contribution in [0.2, 0.25) is 0 Å². The molecule has 2 rings (SSSR count). The zero-order valence-electron chi connectivity index (χ0n) is 12.1. The van der Waals surface area contributed by atoms with Gasteiger partial charge in [0.1, 0.15) is 0 Å². The van der Waals surface area contributed by atoms with E-state index in [0.717, 1.165) is 19.0 Å². The van der Waals surface area contributed by atoms with Crippen LogP contribution in [-0.2, 0) is 0 Å². The number of nitrogens with one attached hydrogen (secondary N) is 1. The normalized spacial score (nSPS) is 19.3. The van der Waals surface area contributed by atoms with Crippen molar-refractivity contribution in [3.05, 3.63) is 35.4 Å². The maximum Gasteiger partial charge on any atom is -0.00175 e. The van der Waals surface area contributed by atoms with E-state index in [4.69, 9.17) is 0 Å². The van der Waals surface area contributed by atoms with Crippen molar-refractivity contribution in [3.63, 3.8) is 0 Å². The Balaban J connectivity index is 2.02. The topological polar surface area (TPSA) is 12.0 Å². The van der Waals surface area contributed by atoms with Gasteiger partial charge < -0.3 is 5.32 Å². The summed E-state index contributed by atoms with van der Waals surface area (Å²) < 4.78 is 0. The Kier molecular flexibility index (Phi) is 4.82. The Morgan fingerprint density at radius 2 is 2.06 bits per heavy atom. The van der Waals surface area contributed by atoms with E-state index >= 15 is 0 Å². The molecule has 1 fully saturated rings. The molecular formula is C17H27N. The molecule has 0 bridgehead atoms. The molecule has 1 nitrogen and oxygen atoms in total. The van der Waals surface area contributed by atoms with E-state index in [2.05, 4.69) is 50.4 Å². The Bertz CT molecular complexity index is 368. The van der Waals surface area contributed by atoms with Crippen molar-refractivity contribution >= 4 is 0 Å². The maximum atomic E-state index is 3.46.